The van der Waals surface area contributed by atoms with E-state index in [9.17, 15) is 13.2 Å². The Kier molecular flexibility index (Phi) is 3.00. The molecular weight excluding hydrogens is 316 g/mol. The molecule has 0 saturated heterocycles. The van der Waals surface area contributed by atoms with Crippen molar-refractivity contribution in [3.63, 3.8) is 0 Å². The number of sulfonamides is 1. The minimum Gasteiger partial charge on any atom is -0.349 e. The highest BCUT2D eigenvalue weighted by molar-refractivity contribution is 7.89. The van der Waals surface area contributed by atoms with Gasteiger partial charge in [-0.15, -0.1) is 0 Å². The lowest BCUT2D eigenvalue weighted by atomic mass is 10.2. The van der Waals surface area contributed by atoms with Crippen molar-refractivity contribution in [1.82, 2.24) is 18.8 Å². The second-order valence-corrected chi connectivity index (χ2v) is 7.60. The number of aromatic amines is 2. The summed E-state index contributed by atoms with van der Waals surface area (Å²) in [4.78, 5) is 16.7. The molecule has 1 atom stereocenters. The first-order valence-corrected chi connectivity index (χ1v) is 8.80. The lowest BCUT2D eigenvalue weighted by Gasteiger charge is -2.33. The Morgan fingerprint density at radius 2 is 1.91 bits per heavy atom. The molecule has 3 heterocycles. The molecule has 4 rings (SSSR count). The molecule has 0 spiro atoms. The normalized spacial score (nSPS) is 19.1. The Bertz CT molecular complexity index is 1040. The molecule has 23 heavy (non-hydrogen) atoms. The highest BCUT2D eigenvalue weighted by Gasteiger charge is 2.34. The maximum absolute atomic E-state index is 13.0. The molecule has 0 aliphatic carbocycles. The lowest BCUT2D eigenvalue weighted by Crippen LogP contribution is -2.40. The SMILES string of the molecule is C[C@H]1c2cccn2CCN1S(=O)(=O)c1ccc2[nH]c(=O)[nH]c2c1. The van der Waals surface area contributed by atoms with Crippen molar-refractivity contribution in [2.24, 2.45) is 0 Å². The van der Waals surface area contributed by atoms with E-state index < -0.39 is 10.0 Å². The Morgan fingerprint density at radius 1 is 1.13 bits per heavy atom. The predicted molar refractivity (Wildman–Crippen MR) is 85.7 cm³/mol. The Labute approximate surface area is 132 Å². The summed E-state index contributed by atoms with van der Waals surface area (Å²) in [6.07, 6.45) is 1.96. The van der Waals surface area contributed by atoms with Crippen molar-refractivity contribution in [3.05, 3.63) is 52.7 Å². The fourth-order valence-corrected chi connectivity index (χ4v) is 4.82. The van der Waals surface area contributed by atoms with E-state index >= 15 is 0 Å². The van der Waals surface area contributed by atoms with Gasteiger partial charge in [0.25, 0.3) is 0 Å². The summed E-state index contributed by atoms with van der Waals surface area (Å²) in [5.41, 5.74) is 1.72. The molecule has 1 aliphatic heterocycles. The van der Waals surface area contributed by atoms with Crippen LogP contribution in [0.25, 0.3) is 11.0 Å². The van der Waals surface area contributed by atoms with Gasteiger partial charge in [0.15, 0.2) is 0 Å². The first kappa shape index (κ1) is 14.3. The molecule has 0 bridgehead atoms. The molecule has 0 unspecified atom stereocenters. The zero-order valence-corrected chi connectivity index (χ0v) is 13.3. The van der Waals surface area contributed by atoms with Crippen LogP contribution in [0.1, 0.15) is 18.7 Å². The van der Waals surface area contributed by atoms with Crippen molar-refractivity contribution < 1.29 is 8.42 Å². The lowest BCUT2D eigenvalue weighted by molar-refractivity contribution is 0.282. The van der Waals surface area contributed by atoms with E-state index in [1.54, 1.807) is 6.07 Å². The summed E-state index contributed by atoms with van der Waals surface area (Å²) in [6.45, 7) is 2.95. The van der Waals surface area contributed by atoms with Crippen molar-refractivity contribution in [2.75, 3.05) is 6.54 Å². The average Bonchev–Trinajstić information content (AvgIpc) is 3.11. The van der Waals surface area contributed by atoms with E-state index in [1.165, 1.54) is 16.4 Å². The van der Waals surface area contributed by atoms with Crippen LogP contribution in [-0.2, 0) is 16.6 Å². The number of rotatable bonds is 2. The van der Waals surface area contributed by atoms with Gasteiger partial charge in [0, 0.05) is 25.0 Å². The van der Waals surface area contributed by atoms with Crippen LogP contribution in [0.4, 0.5) is 0 Å². The van der Waals surface area contributed by atoms with Gasteiger partial charge in [0.1, 0.15) is 0 Å². The van der Waals surface area contributed by atoms with Crippen LogP contribution in [0, 0.1) is 0 Å². The van der Waals surface area contributed by atoms with Gasteiger partial charge in [0.2, 0.25) is 10.0 Å². The third-order valence-corrected chi connectivity index (χ3v) is 6.35. The number of hydrogen-bond donors (Lipinski definition) is 2. The first-order chi connectivity index (χ1) is 11.0. The Balaban J connectivity index is 1.78. The fraction of sp³-hybridized carbons (Fsp3) is 0.267. The van der Waals surface area contributed by atoms with Gasteiger partial charge >= 0.3 is 5.69 Å². The summed E-state index contributed by atoms with van der Waals surface area (Å²) in [5, 5.41) is 0. The second-order valence-electron chi connectivity index (χ2n) is 5.70. The van der Waals surface area contributed by atoms with Gasteiger partial charge in [-0.05, 0) is 37.3 Å². The van der Waals surface area contributed by atoms with E-state index in [4.69, 9.17) is 0 Å². The molecular formula is C15H16N4O3S. The summed E-state index contributed by atoms with van der Waals surface area (Å²) >= 11 is 0. The third kappa shape index (κ3) is 2.13. The van der Waals surface area contributed by atoms with E-state index in [0.29, 0.717) is 24.1 Å². The van der Waals surface area contributed by atoms with Crippen molar-refractivity contribution >= 4 is 21.1 Å². The van der Waals surface area contributed by atoms with Crippen LogP contribution in [0.3, 0.4) is 0 Å². The summed E-state index contributed by atoms with van der Waals surface area (Å²) in [5.74, 6) is 0. The van der Waals surface area contributed by atoms with Gasteiger partial charge in [-0.2, -0.15) is 4.31 Å². The number of hydrogen-bond acceptors (Lipinski definition) is 3. The number of H-pyrrole nitrogens is 2. The topological polar surface area (TPSA) is 91.0 Å². The molecule has 0 saturated carbocycles. The Morgan fingerprint density at radius 3 is 2.74 bits per heavy atom. The third-order valence-electron chi connectivity index (χ3n) is 4.38. The van der Waals surface area contributed by atoms with E-state index in [0.717, 1.165) is 5.69 Å². The van der Waals surface area contributed by atoms with Crippen LogP contribution < -0.4 is 5.69 Å². The summed E-state index contributed by atoms with van der Waals surface area (Å²) in [6, 6.07) is 8.28. The molecule has 1 aromatic carbocycles. The number of nitrogens with one attached hydrogen (secondary N) is 2. The molecule has 120 valence electrons. The number of benzene rings is 1. The first-order valence-electron chi connectivity index (χ1n) is 7.36. The second kappa shape index (κ2) is 4.84. The molecule has 2 N–H and O–H groups in total. The van der Waals surface area contributed by atoms with Gasteiger partial charge in [-0.25, -0.2) is 13.2 Å². The highest BCUT2D eigenvalue weighted by Crippen LogP contribution is 2.31. The maximum Gasteiger partial charge on any atom is 0.323 e. The van der Waals surface area contributed by atoms with Crippen LogP contribution >= 0.6 is 0 Å². The molecule has 0 amide bonds. The van der Waals surface area contributed by atoms with Crippen LogP contribution in [0.5, 0.6) is 0 Å². The van der Waals surface area contributed by atoms with Crippen LogP contribution in [0.15, 0.2) is 46.2 Å². The zero-order valence-electron chi connectivity index (χ0n) is 12.5. The van der Waals surface area contributed by atoms with Crippen LogP contribution in [0.2, 0.25) is 0 Å². The van der Waals surface area contributed by atoms with E-state index in [1.807, 2.05) is 25.3 Å². The fourth-order valence-electron chi connectivity index (χ4n) is 3.19. The minimum absolute atomic E-state index is 0.187. The smallest absolute Gasteiger partial charge is 0.323 e. The molecule has 3 aromatic rings. The quantitative estimate of drug-likeness (QED) is 0.743. The van der Waals surface area contributed by atoms with Crippen molar-refractivity contribution in [2.45, 2.75) is 24.4 Å². The largest absolute Gasteiger partial charge is 0.349 e. The monoisotopic (exact) mass is 332 g/mol. The van der Waals surface area contributed by atoms with Crippen molar-refractivity contribution in [1.29, 1.82) is 0 Å². The molecule has 0 radical (unpaired) electrons. The van der Waals surface area contributed by atoms with Gasteiger partial charge < -0.3 is 14.5 Å². The highest BCUT2D eigenvalue weighted by atomic mass is 32.2. The minimum atomic E-state index is -3.63. The van der Waals surface area contributed by atoms with E-state index in [-0.39, 0.29) is 16.6 Å². The van der Waals surface area contributed by atoms with Crippen LogP contribution in [-0.4, -0.2) is 33.8 Å². The van der Waals surface area contributed by atoms with Gasteiger partial charge in [-0.1, -0.05) is 0 Å². The Hall–Kier alpha value is -2.32. The summed E-state index contributed by atoms with van der Waals surface area (Å²) < 4.78 is 29.6. The maximum atomic E-state index is 13.0. The predicted octanol–water partition coefficient (Wildman–Crippen LogP) is 1.42. The number of aromatic nitrogens is 3. The molecule has 8 heteroatoms. The van der Waals surface area contributed by atoms with Gasteiger partial charge in [-0.3, -0.25) is 0 Å². The van der Waals surface area contributed by atoms with Crippen molar-refractivity contribution in [3.8, 4) is 0 Å². The average molecular weight is 332 g/mol. The summed E-state index contributed by atoms with van der Waals surface area (Å²) in [7, 11) is -3.63. The molecule has 1 aliphatic rings. The standard InChI is InChI=1S/C15H16N4O3S/c1-10-14-3-2-6-18(14)7-8-19(10)23(21,22)11-4-5-12-13(9-11)17-15(20)16-12/h2-6,9-10H,7-8H2,1H3,(H2,16,17,20)/t10-/m0/s1. The number of fused-ring (bicyclic) bond motifs is 2. The molecule has 0 fully saturated rings. The number of imidazole rings is 1. The van der Waals surface area contributed by atoms with Gasteiger partial charge in [0.05, 0.1) is 22.0 Å². The molecule has 2 aromatic heterocycles. The van der Waals surface area contributed by atoms with E-state index in [2.05, 4.69) is 14.5 Å². The molecule has 7 nitrogen and oxygen atoms in total. The zero-order chi connectivity index (χ0) is 16.2. The number of nitrogens with zero attached hydrogens (tertiary/aromatic N) is 2.